The second-order valence-electron chi connectivity index (χ2n) is 8.18. The van der Waals surface area contributed by atoms with Crippen molar-refractivity contribution in [1.82, 2.24) is 20.9 Å². The molecule has 7 nitrogen and oxygen atoms in total. The van der Waals surface area contributed by atoms with Crippen LogP contribution < -0.4 is 16.0 Å². The van der Waals surface area contributed by atoms with E-state index in [0.29, 0.717) is 12.1 Å². The van der Waals surface area contributed by atoms with Crippen LogP contribution in [-0.4, -0.2) is 69.2 Å². The minimum Gasteiger partial charge on any atom is -0.385 e. The molecule has 0 aliphatic carbocycles. The van der Waals surface area contributed by atoms with Crippen LogP contribution in [0, 0.1) is 0 Å². The van der Waals surface area contributed by atoms with E-state index in [1.54, 1.807) is 7.11 Å². The summed E-state index contributed by atoms with van der Waals surface area (Å²) in [5.74, 6) is 0.715. The number of nitrogens with zero attached hydrogens (tertiary/aromatic N) is 2. The van der Waals surface area contributed by atoms with Crippen molar-refractivity contribution in [3.8, 4) is 0 Å². The molecule has 0 fully saturated rings. The predicted octanol–water partition coefficient (Wildman–Crippen LogP) is 2.24. The van der Waals surface area contributed by atoms with Gasteiger partial charge in [-0.25, -0.2) is 4.99 Å². The Labute approximate surface area is 176 Å². The average Bonchev–Trinajstić information content (AvgIpc) is 2.65. The smallest absolute Gasteiger partial charge is 0.251 e. The van der Waals surface area contributed by atoms with Crippen LogP contribution in [0.15, 0.2) is 29.3 Å². The highest BCUT2D eigenvalue weighted by Gasteiger charge is 2.15. The Morgan fingerprint density at radius 1 is 1.21 bits per heavy atom. The van der Waals surface area contributed by atoms with E-state index in [9.17, 15) is 4.79 Å². The molecule has 3 N–H and O–H groups in total. The molecule has 0 aliphatic rings. The number of ether oxygens (including phenoxy) is 1. The summed E-state index contributed by atoms with van der Waals surface area (Å²) in [6.07, 6.45) is 1.03. The number of carbonyl (C=O) groups is 1. The summed E-state index contributed by atoms with van der Waals surface area (Å²) >= 11 is 0. The van der Waals surface area contributed by atoms with E-state index in [4.69, 9.17) is 4.74 Å². The first-order valence-corrected chi connectivity index (χ1v) is 10.4. The molecule has 1 aromatic rings. The van der Waals surface area contributed by atoms with Crippen LogP contribution >= 0.6 is 0 Å². The summed E-state index contributed by atoms with van der Waals surface area (Å²) < 4.78 is 5.09. The molecule has 1 rings (SSSR count). The predicted molar refractivity (Wildman–Crippen MR) is 120 cm³/mol. The highest BCUT2D eigenvalue weighted by molar-refractivity contribution is 5.94. The van der Waals surface area contributed by atoms with Crippen LogP contribution in [0.3, 0.4) is 0 Å². The Hall–Kier alpha value is -2.12. The van der Waals surface area contributed by atoms with Crippen LogP contribution in [0.5, 0.6) is 0 Å². The largest absolute Gasteiger partial charge is 0.385 e. The summed E-state index contributed by atoms with van der Waals surface area (Å²) in [5.41, 5.74) is 1.40. The van der Waals surface area contributed by atoms with E-state index in [-0.39, 0.29) is 11.4 Å². The zero-order chi connectivity index (χ0) is 21.7. The molecule has 0 atom stereocenters. The van der Waals surface area contributed by atoms with Crippen molar-refractivity contribution in [1.29, 1.82) is 0 Å². The lowest BCUT2D eigenvalue weighted by molar-refractivity contribution is 0.0919. The molecule has 0 saturated carbocycles. The van der Waals surface area contributed by atoms with Gasteiger partial charge in [-0.3, -0.25) is 4.79 Å². The molecule has 0 bridgehead atoms. The van der Waals surface area contributed by atoms with Gasteiger partial charge in [-0.1, -0.05) is 12.1 Å². The molecule has 7 heteroatoms. The zero-order valence-corrected chi connectivity index (χ0v) is 19.0. The monoisotopic (exact) mass is 405 g/mol. The molecule has 1 aromatic carbocycles. The first-order valence-electron chi connectivity index (χ1n) is 10.4. The lowest BCUT2D eigenvalue weighted by Gasteiger charge is -2.20. The molecular weight excluding hydrogens is 366 g/mol. The Bertz CT molecular complexity index is 640. The van der Waals surface area contributed by atoms with Crippen molar-refractivity contribution >= 4 is 11.9 Å². The van der Waals surface area contributed by atoms with Crippen LogP contribution in [0.1, 0.15) is 50.0 Å². The summed E-state index contributed by atoms with van der Waals surface area (Å²) in [4.78, 5) is 19.3. The number of rotatable bonds is 11. The second kappa shape index (κ2) is 13.2. The second-order valence-corrected chi connectivity index (χ2v) is 8.18. The number of amides is 1. The maximum Gasteiger partial charge on any atom is 0.251 e. The molecule has 1 amide bonds. The Kier molecular flexibility index (Phi) is 11.3. The number of hydrogen-bond donors (Lipinski definition) is 3. The van der Waals surface area contributed by atoms with Crippen LogP contribution in [0.2, 0.25) is 0 Å². The highest BCUT2D eigenvalue weighted by atomic mass is 16.5. The van der Waals surface area contributed by atoms with Crippen LogP contribution in [0.25, 0.3) is 0 Å². The van der Waals surface area contributed by atoms with Crippen molar-refractivity contribution in [2.24, 2.45) is 4.99 Å². The van der Waals surface area contributed by atoms with Gasteiger partial charge in [-0.05, 0) is 58.9 Å². The van der Waals surface area contributed by atoms with Gasteiger partial charge < -0.3 is 25.6 Å². The van der Waals surface area contributed by atoms with Crippen molar-refractivity contribution in [3.63, 3.8) is 0 Å². The van der Waals surface area contributed by atoms with Gasteiger partial charge in [-0.2, -0.15) is 0 Å². The number of nitrogens with one attached hydrogen (secondary N) is 3. The summed E-state index contributed by atoms with van der Waals surface area (Å²) in [6.45, 7) is 12.8. The number of likely N-dealkylation sites (N-methyl/N-ethyl adjacent to an activating group) is 1. The normalized spacial score (nSPS) is 12.2. The van der Waals surface area contributed by atoms with Gasteiger partial charge in [-0.15, -0.1) is 0 Å². The third-order valence-electron chi connectivity index (χ3n) is 4.12. The number of carbonyl (C=O) groups excluding carboxylic acids is 1. The van der Waals surface area contributed by atoms with Crippen molar-refractivity contribution < 1.29 is 9.53 Å². The standard InChI is InChI=1S/C22H39N5O2/c1-7-23-21(24-12-14-27(5)13-9-15-29-6)25-17-18-10-8-11-19(16-18)20(28)26-22(2,3)4/h8,10-11,16H,7,9,12-15,17H2,1-6H3,(H,26,28)(H2,23,24,25). The van der Waals surface area contributed by atoms with E-state index in [0.717, 1.165) is 50.7 Å². The van der Waals surface area contributed by atoms with Gasteiger partial charge in [0.05, 0.1) is 6.54 Å². The molecule has 0 radical (unpaired) electrons. The Morgan fingerprint density at radius 3 is 2.62 bits per heavy atom. The number of benzene rings is 1. The van der Waals surface area contributed by atoms with E-state index in [1.807, 2.05) is 52.0 Å². The average molecular weight is 406 g/mol. The molecule has 0 heterocycles. The Balaban J connectivity index is 2.60. The molecule has 29 heavy (non-hydrogen) atoms. The first-order chi connectivity index (χ1) is 13.7. The molecule has 0 aromatic heterocycles. The van der Waals surface area contributed by atoms with E-state index >= 15 is 0 Å². The molecule has 0 aliphatic heterocycles. The van der Waals surface area contributed by atoms with E-state index < -0.39 is 0 Å². The maximum atomic E-state index is 12.4. The van der Waals surface area contributed by atoms with Gasteiger partial charge >= 0.3 is 0 Å². The third kappa shape index (κ3) is 11.5. The van der Waals surface area contributed by atoms with Crippen LogP contribution in [-0.2, 0) is 11.3 Å². The minimum absolute atomic E-state index is 0.0649. The third-order valence-corrected chi connectivity index (χ3v) is 4.12. The van der Waals surface area contributed by atoms with Gasteiger partial charge in [0.1, 0.15) is 0 Å². The minimum atomic E-state index is -0.260. The fraction of sp³-hybridized carbons (Fsp3) is 0.636. The highest BCUT2D eigenvalue weighted by Crippen LogP contribution is 2.09. The number of aliphatic imine (C=N–C) groups is 1. The number of methoxy groups -OCH3 is 1. The number of hydrogen-bond acceptors (Lipinski definition) is 4. The maximum absolute atomic E-state index is 12.4. The Morgan fingerprint density at radius 2 is 1.97 bits per heavy atom. The van der Waals surface area contributed by atoms with E-state index in [1.165, 1.54) is 0 Å². The summed E-state index contributed by atoms with van der Waals surface area (Å²) in [7, 11) is 3.84. The molecule has 0 saturated heterocycles. The summed E-state index contributed by atoms with van der Waals surface area (Å²) in [6, 6.07) is 7.62. The van der Waals surface area contributed by atoms with Crippen molar-refractivity contribution in [2.75, 3.05) is 46.9 Å². The lowest BCUT2D eigenvalue weighted by atomic mass is 10.1. The van der Waals surface area contributed by atoms with Gasteiger partial charge in [0.25, 0.3) is 5.91 Å². The van der Waals surface area contributed by atoms with Gasteiger partial charge in [0.15, 0.2) is 5.96 Å². The van der Waals surface area contributed by atoms with Crippen molar-refractivity contribution in [2.45, 2.75) is 46.2 Å². The quantitative estimate of drug-likeness (QED) is 0.299. The van der Waals surface area contributed by atoms with Gasteiger partial charge in [0.2, 0.25) is 0 Å². The molecular formula is C22H39N5O2. The SMILES string of the molecule is CCNC(=NCc1cccc(C(=O)NC(C)(C)C)c1)NCCN(C)CCCOC. The van der Waals surface area contributed by atoms with E-state index in [2.05, 4.69) is 32.9 Å². The lowest BCUT2D eigenvalue weighted by Crippen LogP contribution is -2.41. The fourth-order valence-corrected chi connectivity index (χ4v) is 2.69. The van der Waals surface area contributed by atoms with Gasteiger partial charge in [0, 0.05) is 51.0 Å². The number of guanidine groups is 1. The van der Waals surface area contributed by atoms with Crippen LogP contribution in [0.4, 0.5) is 0 Å². The van der Waals surface area contributed by atoms with Crippen molar-refractivity contribution in [3.05, 3.63) is 35.4 Å². The summed E-state index contributed by atoms with van der Waals surface area (Å²) in [5, 5.41) is 9.63. The molecule has 0 spiro atoms. The zero-order valence-electron chi connectivity index (χ0n) is 19.0. The fourth-order valence-electron chi connectivity index (χ4n) is 2.69. The topological polar surface area (TPSA) is 78.0 Å². The molecule has 0 unspecified atom stereocenters. The molecule has 164 valence electrons. The first kappa shape index (κ1) is 24.9.